The van der Waals surface area contributed by atoms with Crippen LogP contribution in [-0.4, -0.2) is 20.0 Å². The molecule has 2 aromatic rings. The Kier molecular flexibility index (Phi) is 3.90. The first kappa shape index (κ1) is 14.7. The van der Waals surface area contributed by atoms with Crippen molar-refractivity contribution in [1.82, 2.24) is 0 Å². The molecule has 0 fully saturated rings. The van der Waals surface area contributed by atoms with Gasteiger partial charge in [-0.25, -0.2) is 0 Å². The molecule has 2 aromatic carbocycles. The number of halogens is 1. The number of carbonyl (C=O) groups excluding carboxylic acids is 1. The molecule has 0 saturated carbocycles. The summed E-state index contributed by atoms with van der Waals surface area (Å²) in [4.78, 5) is 12.4. The van der Waals surface area contributed by atoms with Crippen molar-refractivity contribution >= 4 is 23.5 Å². The summed E-state index contributed by atoms with van der Waals surface area (Å²) in [6.07, 6.45) is 2.45. The van der Waals surface area contributed by atoms with Gasteiger partial charge in [0.05, 0.1) is 19.2 Å². The maximum absolute atomic E-state index is 12.4. The third-order valence-electron chi connectivity index (χ3n) is 3.77. The molecule has 0 heterocycles. The summed E-state index contributed by atoms with van der Waals surface area (Å²) >= 11 is 6.28. The average molecular weight is 315 g/mol. The Hall–Kier alpha value is -2.26. The van der Waals surface area contributed by atoms with Crippen LogP contribution in [0.4, 0.5) is 0 Å². The highest BCUT2D eigenvalue weighted by molar-refractivity contribution is 6.32. The normalized spacial score (nSPS) is 15.0. The van der Waals surface area contributed by atoms with E-state index in [0.717, 1.165) is 22.3 Å². The number of Topliss-reactive ketones (excluding diaryl/α,β-unsaturated/α-hetero) is 1. The number of carbonyl (C=O) groups is 1. The molecule has 112 valence electrons. The fraction of sp³-hybridized carbons (Fsp3) is 0.167. The lowest BCUT2D eigenvalue weighted by atomic mass is 10.1. The summed E-state index contributed by atoms with van der Waals surface area (Å²) in [5.41, 5.74) is 3.30. The monoisotopic (exact) mass is 314 g/mol. The number of allylic oxidation sites excluding steroid dienone is 1. The number of ether oxygens (including phenoxy) is 2. The summed E-state index contributed by atoms with van der Waals surface area (Å²) in [5.74, 6) is 1.21. The van der Waals surface area contributed by atoms with Crippen LogP contribution in [-0.2, 0) is 6.42 Å². The Morgan fingerprint density at radius 1 is 1.09 bits per heavy atom. The highest BCUT2D eigenvalue weighted by atomic mass is 35.5. The maximum Gasteiger partial charge on any atom is 0.189 e. The van der Waals surface area contributed by atoms with Gasteiger partial charge in [-0.05, 0) is 23.3 Å². The summed E-state index contributed by atoms with van der Waals surface area (Å²) in [7, 11) is 3.13. The predicted molar refractivity (Wildman–Crippen MR) is 87.0 cm³/mol. The Labute approximate surface area is 134 Å². The first-order valence-corrected chi connectivity index (χ1v) is 7.26. The molecule has 0 saturated heterocycles. The number of rotatable bonds is 3. The highest BCUT2D eigenvalue weighted by Gasteiger charge is 2.24. The second-order valence-electron chi connectivity index (χ2n) is 5.06. The van der Waals surface area contributed by atoms with Crippen LogP contribution in [0, 0.1) is 0 Å². The molecular weight excluding hydrogens is 300 g/mol. The van der Waals surface area contributed by atoms with Gasteiger partial charge in [0.1, 0.15) is 0 Å². The zero-order valence-electron chi connectivity index (χ0n) is 12.4. The van der Waals surface area contributed by atoms with Crippen LogP contribution in [0.1, 0.15) is 21.5 Å². The van der Waals surface area contributed by atoms with E-state index in [1.54, 1.807) is 26.4 Å². The van der Waals surface area contributed by atoms with E-state index < -0.39 is 0 Å². The third-order valence-corrected chi connectivity index (χ3v) is 4.09. The number of benzene rings is 2. The van der Waals surface area contributed by atoms with Gasteiger partial charge in [-0.1, -0.05) is 35.9 Å². The first-order valence-electron chi connectivity index (χ1n) is 6.88. The smallest absolute Gasteiger partial charge is 0.189 e. The number of hydrogen-bond acceptors (Lipinski definition) is 3. The Morgan fingerprint density at radius 3 is 2.45 bits per heavy atom. The highest BCUT2D eigenvalue weighted by Crippen LogP contribution is 2.35. The minimum atomic E-state index is 0.0569. The Morgan fingerprint density at radius 2 is 1.77 bits per heavy atom. The fourth-order valence-electron chi connectivity index (χ4n) is 2.64. The van der Waals surface area contributed by atoms with Crippen molar-refractivity contribution < 1.29 is 14.3 Å². The van der Waals surface area contributed by atoms with E-state index in [0.29, 0.717) is 22.9 Å². The predicted octanol–water partition coefficient (Wildman–Crippen LogP) is 4.18. The van der Waals surface area contributed by atoms with E-state index in [9.17, 15) is 4.79 Å². The molecule has 3 rings (SSSR count). The van der Waals surface area contributed by atoms with E-state index in [1.807, 2.05) is 30.3 Å². The molecule has 4 heteroatoms. The molecule has 1 aliphatic carbocycles. The molecule has 0 bridgehead atoms. The van der Waals surface area contributed by atoms with Gasteiger partial charge in [-0.2, -0.15) is 0 Å². The lowest BCUT2D eigenvalue weighted by molar-refractivity contribution is 0.104. The third kappa shape index (κ3) is 2.48. The van der Waals surface area contributed by atoms with Gasteiger partial charge in [0.2, 0.25) is 0 Å². The van der Waals surface area contributed by atoms with Crippen LogP contribution in [0.5, 0.6) is 11.5 Å². The van der Waals surface area contributed by atoms with Crippen LogP contribution in [0.25, 0.3) is 6.08 Å². The van der Waals surface area contributed by atoms with Gasteiger partial charge >= 0.3 is 0 Å². The van der Waals surface area contributed by atoms with E-state index in [2.05, 4.69) is 0 Å². The van der Waals surface area contributed by atoms with Crippen molar-refractivity contribution in [3.63, 3.8) is 0 Å². The molecule has 0 aliphatic heterocycles. The number of fused-ring (bicyclic) bond motifs is 1. The van der Waals surface area contributed by atoms with Gasteiger partial charge in [-0.15, -0.1) is 0 Å². The van der Waals surface area contributed by atoms with Crippen LogP contribution in [0.2, 0.25) is 5.02 Å². The van der Waals surface area contributed by atoms with Gasteiger partial charge in [0.15, 0.2) is 17.3 Å². The quantitative estimate of drug-likeness (QED) is 0.797. The molecule has 0 atom stereocenters. The van der Waals surface area contributed by atoms with Crippen molar-refractivity contribution in [1.29, 1.82) is 0 Å². The van der Waals surface area contributed by atoms with Gasteiger partial charge in [-0.3, -0.25) is 4.79 Å². The van der Waals surface area contributed by atoms with E-state index in [-0.39, 0.29) is 5.78 Å². The minimum Gasteiger partial charge on any atom is -0.493 e. The molecule has 0 spiro atoms. The van der Waals surface area contributed by atoms with Gasteiger partial charge in [0.25, 0.3) is 0 Å². The van der Waals surface area contributed by atoms with Crippen LogP contribution < -0.4 is 9.47 Å². The van der Waals surface area contributed by atoms with Crippen molar-refractivity contribution in [3.8, 4) is 11.5 Å². The van der Waals surface area contributed by atoms with Crippen molar-refractivity contribution in [2.24, 2.45) is 0 Å². The second-order valence-corrected chi connectivity index (χ2v) is 5.47. The zero-order chi connectivity index (χ0) is 15.7. The lowest BCUT2D eigenvalue weighted by Crippen LogP contribution is -1.96. The van der Waals surface area contributed by atoms with Crippen LogP contribution >= 0.6 is 11.6 Å². The molecule has 1 aliphatic rings. The summed E-state index contributed by atoms with van der Waals surface area (Å²) in [6.45, 7) is 0. The van der Waals surface area contributed by atoms with Gasteiger partial charge in [0, 0.05) is 23.6 Å². The second kappa shape index (κ2) is 5.85. The first-order chi connectivity index (χ1) is 10.6. The molecule has 0 N–H and O–H groups in total. The largest absolute Gasteiger partial charge is 0.493 e. The maximum atomic E-state index is 12.4. The number of methoxy groups -OCH3 is 2. The molecular formula is C18H15ClO3. The SMILES string of the molecule is COc1cc(Cl)c(/C=C2\Cc3ccccc3C2=O)cc1OC. The zero-order valence-corrected chi connectivity index (χ0v) is 13.1. The molecule has 22 heavy (non-hydrogen) atoms. The van der Waals surface area contributed by atoms with E-state index in [1.165, 1.54) is 0 Å². The van der Waals surface area contributed by atoms with E-state index >= 15 is 0 Å². The standard InChI is InChI=1S/C18H15ClO3/c1-21-16-9-12(15(19)10-17(16)22-2)8-13-7-11-5-3-4-6-14(11)18(13)20/h3-6,8-10H,7H2,1-2H3/b13-8+. The topological polar surface area (TPSA) is 35.5 Å². The van der Waals surface area contributed by atoms with Crippen molar-refractivity contribution in [3.05, 3.63) is 63.7 Å². The Balaban J connectivity index is 2.02. The molecule has 0 aromatic heterocycles. The summed E-state index contributed by atoms with van der Waals surface area (Å²) in [6, 6.07) is 11.1. The summed E-state index contributed by atoms with van der Waals surface area (Å²) in [5, 5.41) is 0.522. The van der Waals surface area contributed by atoms with Crippen molar-refractivity contribution in [2.75, 3.05) is 14.2 Å². The number of ketones is 1. The van der Waals surface area contributed by atoms with Crippen molar-refractivity contribution in [2.45, 2.75) is 6.42 Å². The van der Waals surface area contributed by atoms with Gasteiger partial charge < -0.3 is 9.47 Å². The van der Waals surface area contributed by atoms with E-state index in [4.69, 9.17) is 21.1 Å². The molecule has 0 radical (unpaired) electrons. The minimum absolute atomic E-state index is 0.0569. The molecule has 0 unspecified atom stereocenters. The Bertz CT molecular complexity index is 778. The molecule has 3 nitrogen and oxygen atoms in total. The lowest BCUT2D eigenvalue weighted by Gasteiger charge is -2.10. The van der Waals surface area contributed by atoms with Crippen LogP contribution in [0.15, 0.2) is 42.0 Å². The number of hydrogen-bond donors (Lipinski definition) is 0. The fourth-order valence-corrected chi connectivity index (χ4v) is 2.85. The molecule has 0 amide bonds. The van der Waals surface area contributed by atoms with Crippen LogP contribution in [0.3, 0.4) is 0 Å². The average Bonchev–Trinajstić information content (AvgIpc) is 2.85. The summed E-state index contributed by atoms with van der Waals surface area (Å²) < 4.78 is 10.5.